The Morgan fingerprint density at radius 2 is 1.71 bits per heavy atom. The molecule has 5 nitrogen and oxygen atoms in total. The Labute approximate surface area is 166 Å². The standard InChI is InChI=1S/C21H27FN2O3S/c1-15(2)13-20(17-9-6-5-7-10-17)23-21(25)16(3)24(28(4,26)27)19-12-8-11-18(22)14-19/h5-12,14-16,20H,13H2,1-4H3,(H,23,25)/t16-,20+/m0/s1. The number of nitrogens with zero attached hydrogens (tertiary/aromatic N) is 1. The van der Waals surface area contributed by atoms with Crippen LogP contribution in [-0.4, -0.2) is 26.6 Å². The summed E-state index contributed by atoms with van der Waals surface area (Å²) in [6.07, 6.45) is 1.71. The summed E-state index contributed by atoms with van der Waals surface area (Å²) in [5, 5.41) is 2.96. The first-order chi connectivity index (χ1) is 13.1. The van der Waals surface area contributed by atoms with E-state index in [1.165, 1.54) is 25.1 Å². The SMILES string of the molecule is CC(C)C[C@@H](NC(=O)[C@H](C)N(c1cccc(F)c1)S(C)(=O)=O)c1ccccc1. The molecule has 2 aromatic carbocycles. The van der Waals surface area contributed by atoms with Crippen molar-refractivity contribution < 1.29 is 17.6 Å². The van der Waals surface area contributed by atoms with Gasteiger partial charge in [-0.15, -0.1) is 0 Å². The smallest absolute Gasteiger partial charge is 0.244 e. The number of anilines is 1. The van der Waals surface area contributed by atoms with Gasteiger partial charge in [0.2, 0.25) is 15.9 Å². The van der Waals surface area contributed by atoms with Crippen molar-refractivity contribution in [2.45, 2.75) is 39.3 Å². The molecular formula is C21H27FN2O3S. The molecule has 0 aromatic heterocycles. The van der Waals surface area contributed by atoms with Gasteiger partial charge in [0, 0.05) is 0 Å². The van der Waals surface area contributed by atoms with Crippen LogP contribution in [-0.2, 0) is 14.8 Å². The number of nitrogens with one attached hydrogen (secondary N) is 1. The highest BCUT2D eigenvalue weighted by molar-refractivity contribution is 7.92. The van der Waals surface area contributed by atoms with E-state index in [2.05, 4.69) is 19.2 Å². The second-order valence-corrected chi connectivity index (χ2v) is 9.18. The molecule has 152 valence electrons. The lowest BCUT2D eigenvalue weighted by atomic mass is 9.96. The maximum Gasteiger partial charge on any atom is 0.244 e. The molecule has 0 spiro atoms. The summed E-state index contributed by atoms with van der Waals surface area (Å²) in [6.45, 7) is 5.61. The maximum absolute atomic E-state index is 13.6. The molecule has 0 fully saturated rings. The number of rotatable bonds is 8. The van der Waals surface area contributed by atoms with Crippen LogP contribution in [0.2, 0.25) is 0 Å². The average Bonchev–Trinajstić information content (AvgIpc) is 2.60. The van der Waals surface area contributed by atoms with E-state index in [9.17, 15) is 17.6 Å². The molecule has 0 saturated carbocycles. The number of halogens is 1. The molecule has 0 aliphatic rings. The maximum atomic E-state index is 13.6. The highest BCUT2D eigenvalue weighted by Crippen LogP contribution is 2.24. The van der Waals surface area contributed by atoms with Crippen LogP contribution in [0.5, 0.6) is 0 Å². The highest BCUT2D eigenvalue weighted by Gasteiger charge is 2.30. The van der Waals surface area contributed by atoms with Crippen LogP contribution in [0.25, 0.3) is 0 Å². The third-order valence-corrected chi connectivity index (χ3v) is 5.62. The molecule has 2 rings (SSSR count). The van der Waals surface area contributed by atoms with Crippen molar-refractivity contribution in [3.8, 4) is 0 Å². The predicted octanol–water partition coefficient (Wildman–Crippen LogP) is 3.88. The Hall–Kier alpha value is -2.41. The van der Waals surface area contributed by atoms with E-state index in [-0.39, 0.29) is 11.7 Å². The molecular weight excluding hydrogens is 379 g/mol. The second-order valence-electron chi connectivity index (χ2n) is 7.32. The van der Waals surface area contributed by atoms with Gasteiger partial charge in [-0.2, -0.15) is 0 Å². The molecule has 2 aromatic rings. The number of carbonyl (C=O) groups excluding carboxylic acids is 1. The average molecular weight is 407 g/mol. The van der Waals surface area contributed by atoms with Crippen LogP contribution in [0.4, 0.5) is 10.1 Å². The largest absolute Gasteiger partial charge is 0.347 e. The second kappa shape index (κ2) is 9.19. The Morgan fingerprint density at radius 3 is 2.25 bits per heavy atom. The van der Waals surface area contributed by atoms with E-state index in [0.29, 0.717) is 12.3 Å². The number of carbonyl (C=O) groups is 1. The fourth-order valence-electron chi connectivity index (χ4n) is 3.15. The molecule has 2 atom stereocenters. The van der Waals surface area contributed by atoms with Gasteiger partial charge in [-0.05, 0) is 43.0 Å². The van der Waals surface area contributed by atoms with Gasteiger partial charge in [0.25, 0.3) is 0 Å². The predicted molar refractivity (Wildman–Crippen MR) is 110 cm³/mol. The van der Waals surface area contributed by atoms with Gasteiger partial charge >= 0.3 is 0 Å². The first-order valence-corrected chi connectivity index (χ1v) is 11.0. The molecule has 7 heteroatoms. The van der Waals surface area contributed by atoms with Crippen LogP contribution >= 0.6 is 0 Å². The lowest BCUT2D eigenvalue weighted by Crippen LogP contribution is -2.48. The minimum Gasteiger partial charge on any atom is -0.347 e. The van der Waals surface area contributed by atoms with Crippen molar-refractivity contribution >= 4 is 21.6 Å². The molecule has 28 heavy (non-hydrogen) atoms. The van der Waals surface area contributed by atoms with E-state index >= 15 is 0 Å². The lowest BCUT2D eigenvalue weighted by molar-refractivity contribution is -0.122. The fraction of sp³-hybridized carbons (Fsp3) is 0.381. The van der Waals surface area contributed by atoms with Gasteiger partial charge in [0.1, 0.15) is 11.9 Å². The van der Waals surface area contributed by atoms with E-state index in [1.807, 2.05) is 30.3 Å². The van der Waals surface area contributed by atoms with Crippen LogP contribution in [0.1, 0.15) is 38.8 Å². The number of amides is 1. The monoisotopic (exact) mass is 406 g/mol. The summed E-state index contributed by atoms with van der Waals surface area (Å²) in [5.74, 6) is -0.681. The fourth-order valence-corrected chi connectivity index (χ4v) is 4.32. The van der Waals surface area contributed by atoms with E-state index < -0.39 is 27.8 Å². The molecule has 0 unspecified atom stereocenters. The zero-order chi connectivity index (χ0) is 20.9. The number of benzene rings is 2. The number of sulfonamides is 1. The third-order valence-electron chi connectivity index (χ3n) is 4.38. The van der Waals surface area contributed by atoms with Gasteiger partial charge in [-0.1, -0.05) is 50.2 Å². The minimum absolute atomic E-state index is 0.116. The third kappa shape index (κ3) is 5.79. The molecule has 0 radical (unpaired) electrons. The molecule has 0 saturated heterocycles. The molecule has 0 heterocycles. The van der Waals surface area contributed by atoms with Gasteiger partial charge in [0.15, 0.2) is 0 Å². The van der Waals surface area contributed by atoms with E-state index in [0.717, 1.165) is 22.2 Å². The molecule has 0 aliphatic heterocycles. The summed E-state index contributed by atoms with van der Waals surface area (Å²) in [7, 11) is -3.80. The summed E-state index contributed by atoms with van der Waals surface area (Å²) < 4.78 is 39.3. The number of hydrogen-bond donors (Lipinski definition) is 1. The van der Waals surface area contributed by atoms with Crippen molar-refractivity contribution in [2.75, 3.05) is 10.6 Å². The summed E-state index contributed by atoms with van der Waals surface area (Å²) in [4.78, 5) is 12.9. The van der Waals surface area contributed by atoms with Crippen LogP contribution in [0.15, 0.2) is 54.6 Å². The topological polar surface area (TPSA) is 66.5 Å². The zero-order valence-electron chi connectivity index (χ0n) is 16.6. The normalized spacial score (nSPS) is 13.8. The van der Waals surface area contributed by atoms with Crippen molar-refractivity contribution in [2.24, 2.45) is 5.92 Å². The lowest BCUT2D eigenvalue weighted by Gasteiger charge is -2.30. The van der Waals surface area contributed by atoms with Gasteiger partial charge in [-0.3, -0.25) is 9.10 Å². The quantitative estimate of drug-likeness (QED) is 0.723. The van der Waals surface area contributed by atoms with Gasteiger partial charge in [0.05, 0.1) is 18.0 Å². The van der Waals surface area contributed by atoms with Crippen molar-refractivity contribution in [1.29, 1.82) is 0 Å². The zero-order valence-corrected chi connectivity index (χ0v) is 17.4. The Bertz CT molecular complexity index is 901. The summed E-state index contributed by atoms with van der Waals surface area (Å²) in [6, 6.07) is 13.5. The van der Waals surface area contributed by atoms with Crippen LogP contribution in [0, 0.1) is 11.7 Å². The Morgan fingerprint density at radius 1 is 1.07 bits per heavy atom. The first-order valence-electron chi connectivity index (χ1n) is 9.20. The Balaban J connectivity index is 2.30. The van der Waals surface area contributed by atoms with Crippen molar-refractivity contribution in [3.63, 3.8) is 0 Å². The van der Waals surface area contributed by atoms with E-state index in [4.69, 9.17) is 0 Å². The first kappa shape index (κ1) is 21.9. The van der Waals surface area contributed by atoms with Crippen molar-refractivity contribution in [3.05, 3.63) is 66.0 Å². The molecule has 1 amide bonds. The van der Waals surface area contributed by atoms with Gasteiger partial charge < -0.3 is 5.32 Å². The summed E-state index contributed by atoms with van der Waals surface area (Å²) in [5.41, 5.74) is 1.07. The minimum atomic E-state index is -3.80. The van der Waals surface area contributed by atoms with Gasteiger partial charge in [-0.25, -0.2) is 12.8 Å². The molecule has 1 N–H and O–H groups in total. The summed E-state index contributed by atoms with van der Waals surface area (Å²) >= 11 is 0. The molecule has 0 aliphatic carbocycles. The van der Waals surface area contributed by atoms with Crippen molar-refractivity contribution in [1.82, 2.24) is 5.32 Å². The van der Waals surface area contributed by atoms with Crippen LogP contribution < -0.4 is 9.62 Å². The highest BCUT2D eigenvalue weighted by atomic mass is 32.2. The molecule has 0 bridgehead atoms. The Kier molecular flexibility index (Phi) is 7.18. The number of hydrogen-bond acceptors (Lipinski definition) is 3. The van der Waals surface area contributed by atoms with E-state index in [1.54, 1.807) is 0 Å². The van der Waals surface area contributed by atoms with Crippen LogP contribution in [0.3, 0.4) is 0 Å².